The quantitative estimate of drug-likeness (QED) is 0.140. The van der Waals surface area contributed by atoms with Gasteiger partial charge >= 0.3 is 5.97 Å². The highest BCUT2D eigenvalue weighted by molar-refractivity contribution is 5.98. The van der Waals surface area contributed by atoms with Crippen LogP contribution in [0.4, 0.5) is 13.2 Å². The molecule has 3 heterocycles. The Morgan fingerprint density at radius 2 is 1.57 bits per heavy atom. The summed E-state index contributed by atoms with van der Waals surface area (Å²) in [6.07, 6.45) is 6.87. The minimum absolute atomic E-state index is 0.0863. The van der Waals surface area contributed by atoms with Gasteiger partial charge in [-0.05, 0) is 76.1 Å². The van der Waals surface area contributed by atoms with Crippen molar-refractivity contribution in [2.75, 3.05) is 26.7 Å². The van der Waals surface area contributed by atoms with E-state index in [2.05, 4.69) is 16.0 Å². The molecule has 0 bridgehead atoms. The lowest BCUT2D eigenvalue weighted by Gasteiger charge is -2.34. The molecular weight excluding hydrogens is 713 g/mol. The molecule has 4 rings (SSSR count). The van der Waals surface area contributed by atoms with Gasteiger partial charge < -0.3 is 35.4 Å². The average molecular weight is 763 g/mol. The molecule has 1 aromatic rings. The summed E-state index contributed by atoms with van der Waals surface area (Å²) < 4.78 is 47.7. The molecule has 1 aromatic carbocycles. The molecule has 17 heteroatoms. The fourth-order valence-electron chi connectivity index (χ4n) is 6.81. The summed E-state index contributed by atoms with van der Waals surface area (Å²) in [5.74, 6) is -9.90. The summed E-state index contributed by atoms with van der Waals surface area (Å²) in [5.41, 5.74) is -0.180. The molecule has 296 valence electrons. The maximum atomic E-state index is 14.2. The molecule has 3 saturated heterocycles. The van der Waals surface area contributed by atoms with Gasteiger partial charge in [-0.1, -0.05) is 25.8 Å². The highest BCUT2D eigenvalue weighted by Gasteiger charge is 2.43. The minimum Gasteiger partial charge on any atom is -0.461 e. The molecule has 0 spiro atoms. The minimum atomic E-state index is -1.72. The number of nitrogens with one attached hydrogen (secondary N) is 3. The van der Waals surface area contributed by atoms with Crippen molar-refractivity contribution in [3.05, 3.63) is 47.3 Å². The van der Waals surface area contributed by atoms with E-state index in [1.54, 1.807) is 6.08 Å². The zero-order valence-corrected chi connectivity index (χ0v) is 31.0. The molecule has 0 aromatic heterocycles. The van der Waals surface area contributed by atoms with E-state index in [0.29, 0.717) is 31.4 Å². The van der Waals surface area contributed by atoms with Gasteiger partial charge in [-0.25, -0.2) is 18.0 Å². The number of likely N-dealkylation sites (N-methyl/N-ethyl adjacent to an activating group) is 1. The number of fused-ring (bicyclic) bond motifs is 2. The van der Waals surface area contributed by atoms with Crippen molar-refractivity contribution < 1.29 is 51.5 Å². The summed E-state index contributed by atoms with van der Waals surface area (Å²) >= 11 is 0. The standard InChI is InChI=1S/C37H49F3N6O8/c1-5-6-7-8-9-14-30(47)42-26(19-23-17-24(38)31(40)25(39)18-23)33(49)43-27-20-54-37(53)29-13-11-16-46(29)34(50)21(2)41-32(48)22(3)44(4)36(52)28-12-10-15-45(28)35(27)51/h9,14,17-18,21-22,26-29H,5-8,10-13,15-16,19-20H2,1-4H3,(H,41,48)(H,42,47)(H,43,49)/b14-9+/t21-,22-,26?,27-,28-,29-/m0/s1. The number of benzene rings is 1. The number of esters is 1. The largest absolute Gasteiger partial charge is 0.461 e. The maximum absolute atomic E-state index is 14.2. The van der Waals surface area contributed by atoms with E-state index in [-0.39, 0.29) is 31.5 Å². The second-order valence-corrected chi connectivity index (χ2v) is 14.0. The summed E-state index contributed by atoms with van der Waals surface area (Å²) in [6, 6.07) is -6.00. The van der Waals surface area contributed by atoms with Crippen LogP contribution in [-0.4, -0.2) is 119 Å². The Balaban J connectivity index is 1.66. The van der Waals surface area contributed by atoms with Crippen molar-refractivity contribution in [1.82, 2.24) is 30.7 Å². The van der Waals surface area contributed by atoms with Gasteiger partial charge in [-0.15, -0.1) is 0 Å². The van der Waals surface area contributed by atoms with Gasteiger partial charge in [0, 0.05) is 26.6 Å². The number of carbonyl (C=O) groups excluding carboxylic acids is 7. The maximum Gasteiger partial charge on any atom is 0.328 e. The second kappa shape index (κ2) is 18.9. The predicted octanol–water partition coefficient (Wildman–Crippen LogP) is 1.64. The number of hydrogen-bond donors (Lipinski definition) is 3. The SMILES string of the molecule is CCCCC/C=C/C(=O)NC(Cc1cc(F)c(F)c(F)c1)C(=O)N[C@H]1COC(=O)[C@@H]2CCCN2C(=O)[C@H](C)NC(=O)[C@H](C)N(C)C(=O)[C@@H]2CCCN2C1=O. The molecule has 6 amide bonds. The van der Waals surface area contributed by atoms with Crippen LogP contribution in [0.2, 0.25) is 0 Å². The Morgan fingerprint density at radius 3 is 2.22 bits per heavy atom. The molecular formula is C37H49F3N6O8. The number of ether oxygens (including phenoxy) is 1. The van der Waals surface area contributed by atoms with Crippen molar-refractivity contribution >= 4 is 41.4 Å². The van der Waals surface area contributed by atoms with Crippen LogP contribution >= 0.6 is 0 Å². The summed E-state index contributed by atoms with van der Waals surface area (Å²) in [5, 5.41) is 7.58. The first-order valence-corrected chi connectivity index (χ1v) is 18.4. The smallest absolute Gasteiger partial charge is 0.328 e. The van der Waals surface area contributed by atoms with Crippen LogP contribution in [-0.2, 0) is 44.7 Å². The van der Waals surface area contributed by atoms with Crippen LogP contribution in [0.5, 0.6) is 0 Å². The van der Waals surface area contributed by atoms with Gasteiger partial charge in [0.15, 0.2) is 17.5 Å². The van der Waals surface area contributed by atoms with E-state index in [9.17, 15) is 46.7 Å². The normalized spacial score (nSPS) is 25.0. The highest BCUT2D eigenvalue weighted by atomic mass is 19.2. The molecule has 3 N–H and O–H groups in total. The zero-order valence-electron chi connectivity index (χ0n) is 31.0. The van der Waals surface area contributed by atoms with Gasteiger partial charge in [0.1, 0.15) is 42.9 Å². The van der Waals surface area contributed by atoms with Crippen molar-refractivity contribution in [2.45, 2.75) is 115 Å². The predicted molar refractivity (Wildman–Crippen MR) is 187 cm³/mol. The van der Waals surface area contributed by atoms with Gasteiger partial charge in [-0.3, -0.25) is 28.8 Å². The third-order valence-corrected chi connectivity index (χ3v) is 10.0. The lowest BCUT2D eigenvalue weighted by molar-refractivity contribution is -0.158. The number of unbranched alkanes of at least 4 members (excludes halogenated alkanes) is 3. The van der Waals surface area contributed by atoms with Crippen LogP contribution in [0.3, 0.4) is 0 Å². The van der Waals surface area contributed by atoms with Gasteiger partial charge in [0.25, 0.3) is 0 Å². The molecule has 0 radical (unpaired) electrons. The molecule has 1 unspecified atom stereocenters. The number of nitrogens with zero attached hydrogens (tertiary/aromatic N) is 3. The first-order chi connectivity index (χ1) is 25.6. The Bertz CT molecular complexity index is 1620. The number of amides is 6. The van der Waals surface area contributed by atoms with E-state index >= 15 is 0 Å². The van der Waals surface area contributed by atoms with E-state index in [1.807, 2.05) is 6.92 Å². The first kappa shape index (κ1) is 41.8. The fourth-order valence-corrected chi connectivity index (χ4v) is 6.81. The second-order valence-electron chi connectivity index (χ2n) is 14.0. The number of hydrogen-bond acceptors (Lipinski definition) is 8. The molecule has 54 heavy (non-hydrogen) atoms. The zero-order chi connectivity index (χ0) is 39.7. The average Bonchev–Trinajstić information content (AvgIpc) is 3.84. The third kappa shape index (κ3) is 10.2. The van der Waals surface area contributed by atoms with E-state index < -0.39 is 108 Å². The Labute approximate surface area is 312 Å². The molecule has 0 saturated carbocycles. The van der Waals surface area contributed by atoms with Crippen LogP contribution < -0.4 is 16.0 Å². The van der Waals surface area contributed by atoms with Crippen molar-refractivity contribution in [3.63, 3.8) is 0 Å². The number of rotatable bonds is 10. The van der Waals surface area contributed by atoms with E-state index in [4.69, 9.17) is 4.74 Å². The Morgan fingerprint density at radius 1 is 0.944 bits per heavy atom. The summed E-state index contributed by atoms with van der Waals surface area (Å²) in [6.45, 7) is 4.51. The van der Waals surface area contributed by atoms with Gasteiger partial charge in [0.05, 0.1) is 0 Å². The summed E-state index contributed by atoms with van der Waals surface area (Å²) in [7, 11) is 1.40. The van der Waals surface area contributed by atoms with Gasteiger partial charge in [-0.2, -0.15) is 0 Å². The van der Waals surface area contributed by atoms with Crippen LogP contribution in [0.25, 0.3) is 0 Å². The van der Waals surface area contributed by atoms with Crippen LogP contribution in [0.1, 0.15) is 77.7 Å². The number of halogens is 3. The molecule has 0 aliphatic carbocycles. The van der Waals surface area contributed by atoms with Crippen LogP contribution in [0.15, 0.2) is 24.3 Å². The molecule has 3 fully saturated rings. The fraction of sp³-hybridized carbons (Fsp3) is 0.595. The molecule has 6 atom stereocenters. The molecule has 3 aliphatic heterocycles. The number of carbonyl (C=O) groups is 7. The highest BCUT2D eigenvalue weighted by Crippen LogP contribution is 2.24. The van der Waals surface area contributed by atoms with E-state index in [1.165, 1.54) is 41.7 Å². The Hall–Kier alpha value is -4.96. The van der Waals surface area contributed by atoms with Crippen molar-refractivity contribution in [3.8, 4) is 0 Å². The molecule has 3 aliphatic rings. The summed E-state index contributed by atoms with van der Waals surface area (Å²) in [4.78, 5) is 98.4. The Kier molecular flexibility index (Phi) is 14.6. The van der Waals surface area contributed by atoms with Crippen molar-refractivity contribution in [1.29, 1.82) is 0 Å². The lowest BCUT2D eigenvalue weighted by atomic mass is 10.0. The number of cyclic esters (lactones) is 1. The first-order valence-electron chi connectivity index (χ1n) is 18.4. The van der Waals surface area contributed by atoms with Crippen LogP contribution in [0, 0.1) is 17.5 Å². The monoisotopic (exact) mass is 762 g/mol. The lowest BCUT2D eigenvalue weighted by Crippen LogP contribution is -2.60. The third-order valence-electron chi connectivity index (χ3n) is 10.0. The molecule has 14 nitrogen and oxygen atoms in total. The van der Waals surface area contributed by atoms with E-state index in [0.717, 1.165) is 19.3 Å². The van der Waals surface area contributed by atoms with Crippen molar-refractivity contribution in [2.24, 2.45) is 0 Å². The number of allylic oxidation sites excluding steroid dienone is 1. The topological polar surface area (TPSA) is 175 Å². The van der Waals surface area contributed by atoms with Gasteiger partial charge in [0.2, 0.25) is 35.4 Å².